The summed E-state index contributed by atoms with van der Waals surface area (Å²) in [7, 11) is -0.669. The van der Waals surface area contributed by atoms with Gasteiger partial charge in [-0.25, -0.2) is 9.78 Å². The molecular weight excluding hydrogens is 353 g/mol. The number of pyridine rings is 1. The topological polar surface area (TPSA) is 57.7 Å². The molecule has 0 amide bonds. The summed E-state index contributed by atoms with van der Waals surface area (Å²) in [5.41, 5.74) is 1.73. The molecule has 3 atom stereocenters. The highest BCUT2D eigenvalue weighted by molar-refractivity contribution is 6.74. The minimum Gasteiger partial charge on any atom is -0.466 e. The fourth-order valence-corrected chi connectivity index (χ4v) is 4.66. The van der Waals surface area contributed by atoms with Gasteiger partial charge in [0.2, 0.25) is 5.95 Å². The molecule has 0 N–H and O–H groups in total. The van der Waals surface area contributed by atoms with Gasteiger partial charge in [-0.2, -0.15) is 4.39 Å². The zero-order valence-corrected chi connectivity index (χ0v) is 17.1. The fraction of sp³-hybridized carbons (Fsp3) is 0.579. The molecule has 2 bridgehead atoms. The fourth-order valence-electron chi connectivity index (χ4n) is 3.33. The van der Waals surface area contributed by atoms with Crippen molar-refractivity contribution in [2.45, 2.75) is 63.6 Å². The number of carbonyl (C=O) groups excluding carboxylic acids is 1. The molecule has 2 aliphatic rings. The lowest BCUT2D eigenvalue weighted by atomic mass is 9.86. The molecule has 7 heteroatoms. The van der Waals surface area contributed by atoms with Gasteiger partial charge in [0.25, 0.3) is 0 Å². The quantitative estimate of drug-likeness (QED) is 0.453. The predicted molar refractivity (Wildman–Crippen MR) is 98.5 cm³/mol. The van der Waals surface area contributed by atoms with E-state index in [1.165, 1.54) is 19.4 Å². The molecule has 3 heterocycles. The molecule has 1 saturated heterocycles. The number of ether oxygens (including phenoxy) is 2. The standard InChI is InChI=1S/C19H26FNO4Si/c1-19(2,3)26(5,6)25-13-10-12-16(18(22)23-4)15(17(13)24-12)11-7-8-21-14(20)9-11/h7-9,12-13,17H,10H2,1-6H3/t12-,13+,17+/m1/s1. The Morgan fingerprint density at radius 2 is 2.08 bits per heavy atom. The summed E-state index contributed by atoms with van der Waals surface area (Å²) in [5, 5.41) is 0.0622. The molecule has 142 valence electrons. The summed E-state index contributed by atoms with van der Waals surface area (Å²) in [6.07, 6.45) is 1.07. The molecule has 2 aliphatic heterocycles. The summed E-state index contributed by atoms with van der Waals surface area (Å²) < 4.78 is 31.2. The third-order valence-corrected chi connectivity index (χ3v) is 10.2. The van der Waals surface area contributed by atoms with Crippen molar-refractivity contribution in [3.63, 3.8) is 0 Å². The Balaban J connectivity index is 1.99. The number of hydrogen-bond acceptors (Lipinski definition) is 5. The molecular formula is C19H26FNO4Si. The second kappa shape index (κ2) is 6.55. The molecule has 0 spiro atoms. The van der Waals surface area contributed by atoms with Gasteiger partial charge in [0.1, 0.15) is 6.10 Å². The maximum absolute atomic E-state index is 13.7. The molecule has 0 aromatic carbocycles. The average Bonchev–Trinajstić information content (AvgIpc) is 3.10. The first kappa shape index (κ1) is 19.2. The molecule has 5 nitrogen and oxygen atoms in total. The van der Waals surface area contributed by atoms with Gasteiger partial charge in [-0.3, -0.25) is 0 Å². The molecule has 1 aromatic rings. The Bertz CT molecular complexity index is 756. The van der Waals surface area contributed by atoms with Crippen LogP contribution in [0.5, 0.6) is 0 Å². The van der Waals surface area contributed by atoms with E-state index in [4.69, 9.17) is 13.9 Å². The molecule has 0 unspecified atom stereocenters. The van der Waals surface area contributed by atoms with E-state index in [2.05, 4.69) is 38.8 Å². The smallest absolute Gasteiger partial charge is 0.336 e. The van der Waals surface area contributed by atoms with Crippen molar-refractivity contribution in [3.05, 3.63) is 35.4 Å². The Morgan fingerprint density at radius 1 is 1.38 bits per heavy atom. The molecule has 1 fully saturated rings. The number of esters is 1. The summed E-state index contributed by atoms with van der Waals surface area (Å²) in [5.74, 6) is -1.03. The normalized spacial score (nSPS) is 25.7. The van der Waals surface area contributed by atoms with E-state index >= 15 is 0 Å². The third-order valence-electron chi connectivity index (χ3n) is 5.69. The lowest BCUT2D eigenvalue weighted by molar-refractivity contribution is -0.136. The number of rotatable bonds is 4. The molecule has 3 rings (SSSR count). The second-order valence-corrected chi connectivity index (χ2v) is 13.1. The summed E-state index contributed by atoms with van der Waals surface area (Å²) in [6, 6.07) is 3.01. The van der Waals surface area contributed by atoms with Crippen LogP contribution in [0, 0.1) is 5.95 Å². The Hall–Kier alpha value is -1.57. The first-order valence-corrected chi connectivity index (χ1v) is 11.7. The largest absolute Gasteiger partial charge is 0.466 e. The minimum atomic E-state index is -2.01. The summed E-state index contributed by atoms with van der Waals surface area (Å²) in [4.78, 5) is 15.9. The Kier molecular flexibility index (Phi) is 4.83. The number of aromatic nitrogens is 1. The van der Waals surface area contributed by atoms with E-state index in [0.29, 0.717) is 23.1 Å². The highest BCUT2D eigenvalue weighted by atomic mass is 28.4. The van der Waals surface area contributed by atoms with Gasteiger partial charge >= 0.3 is 5.97 Å². The number of hydrogen-bond donors (Lipinski definition) is 0. The van der Waals surface area contributed by atoms with E-state index in [0.717, 1.165) is 0 Å². The molecule has 0 radical (unpaired) electrons. The highest BCUT2D eigenvalue weighted by Crippen LogP contribution is 2.48. The maximum Gasteiger partial charge on any atom is 0.336 e. The van der Waals surface area contributed by atoms with Crippen LogP contribution >= 0.6 is 0 Å². The highest BCUT2D eigenvalue weighted by Gasteiger charge is 2.53. The van der Waals surface area contributed by atoms with E-state index in [9.17, 15) is 9.18 Å². The van der Waals surface area contributed by atoms with Crippen LogP contribution in [-0.4, -0.2) is 44.7 Å². The summed E-state index contributed by atoms with van der Waals surface area (Å²) >= 11 is 0. The first-order chi connectivity index (χ1) is 12.0. The van der Waals surface area contributed by atoms with Crippen molar-refractivity contribution in [2.75, 3.05) is 7.11 Å². The monoisotopic (exact) mass is 379 g/mol. The van der Waals surface area contributed by atoms with Crippen molar-refractivity contribution in [1.82, 2.24) is 4.98 Å². The maximum atomic E-state index is 13.7. The van der Waals surface area contributed by atoms with Crippen molar-refractivity contribution in [3.8, 4) is 0 Å². The van der Waals surface area contributed by atoms with Crippen LogP contribution in [-0.2, 0) is 18.7 Å². The Morgan fingerprint density at radius 3 is 2.65 bits per heavy atom. The van der Waals surface area contributed by atoms with Crippen LogP contribution in [0.3, 0.4) is 0 Å². The second-order valence-electron chi connectivity index (χ2n) is 8.38. The predicted octanol–water partition coefficient (Wildman–Crippen LogP) is 3.71. The van der Waals surface area contributed by atoms with Crippen molar-refractivity contribution < 1.29 is 23.1 Å². The van der Waals surface area contributed by atoms with Gasteiger partial charge in [0, 0.05) is 24.3 Å². The van der Waals surface area contributed by atoms with E-state index in [1.54, 1.807) is 6.07 Å². The van der Waals surface area contributed by atoms with Crippen LogP contribution in [0.15, 0.2) is 23.9 Å². The van der Waals surface area contributed by atoms with Gasteiger partial charge in [-0.1, -0.05) is 20.8 Å². The van der Waals surface area contributed by atoms with Crippen LogP contribution in [0.2, 0.25) is 18.1 Å². The van der Waals surface area contributed by atoms with Crippen LogP contribution < -0.4 is 0 Å². The molecule has 1 aromatic heterocycles. The van der Waals surface area contributed by atoms with Gasteiger partial charge in [0.05, 0.1) is 24.9 Å². The number of halogens is 1. The number of nitrogens with zero attached hydrogens (tertiary/aromatic N) is 1. The van der Waals surface area contributed by atoms with E-state index < -0.39 is 26.3 Å². The molecule has 0 saturated carbocycles. The zero-order valence-electron chi connectivity index (χ0n) is 16.1. The lowest BCUT2D eigenvalue weighted by Crippen LogP contribution is -2.46. The van der Waals surface area contributed by atoms with Crippen molar-refractivity contribution in [2.24, 2.45) is 0 Å². The lowest BCUT2D eigenvalue weighted by Gasteiger charge is -2.40. The van der Waals surface area contributed by atoms with Crippen molar-refractivity contribution in [1.29, 1.82) is 0 Å². The average molecular weight is 380 g/mol. The number of methoxy groups -OCH3 is 1. The number of carbonyl (C=O) groups is 1. The molecule has 26 heavy (non-hydrogen) atoms. The van der Waals surface area contributed by atoms with E-state index in [1.807, 2.05) is 0 Å². The van der Waals surface area contributed by atoms with Crippen LogP contribution in [0.25, 0.3) is 5.57 Å². The van der Waals surface area contributed by atoms with Crippen LogP contribution in [0.4, 0.5) is 4.39 Å². The molecule has 0 aliphatic carbocycles. The zero-order chi connectivity index (χ0) is 19.3. The Labute approximate surface area is 154 Å². The number of fused-ring (bicyclic) bond motifs is 2. The first-order valence-electron chi connectivity index (χ1n) is 8.83. The van der Waals surface area contributed by atoms with Gasteiger partial charge in [-0.15, -0.1) is 0 Å². The third kappa shape index (κ3) is 3.23. The van der Waals surface area contributed by atoms with Crippen molar-refractivity contribution >= 4 is 19.9 Å². The van der Waals surface area contributed by atoms with Gasteiger partial charge in [0.15, 0.2) is 8.32 Å². The summed E-state index contributed by atoms with van der Waals surface area (Å²) in [6.45, 7) is 10.9. The minimum absolute atomic E-state index is 0.0622. The van der Waals surface area contributed by atoms with E-state index in [-0.39, 0.29) is 17.2 Å². The van der Waals surface area contributed by atoms with Gasteiger partial charge < -0.3 is 13.9 Å². The SMILES string of the molecule is COC(=O)C1=C(c2ccnc(F)c2)[C@H]2O[C@@H]1C[C@@H]2O[Si](C)(C)C(C)(C)C. The van der Waals surface area contributed by atoms with Gasteiger partial charge in [-0.05, 0) is 29.8 Å². The van der Waals surface area contributed by atoms with Crippen LogP contribution in [0.1, 0.15) is 32.8 Å².